The molecule has 0 aromatic carbocycles. The Hall–Kier alpha value is 0.826. The van der Waals surface area contributed by atoms with Gasteiger partial charge in [-0.2, -0.15) is 0 Å². The van der Waals surface area contributed by atoms with Crippen molar-refractivity contribution >= 4 is 6.16 Å². The molecule has 0 radical (unpaired) electrons. The van der Waals surface area contributed by atoms with Gasteiger partial charge in [0.2, 0.25) is 6.16 Å². The number of hydrogen-bond donors (Lipinski definition) is 3. The van der Waals surface area contributed by atoms with E-state index in [2.05, 4.69) is 0 Å². The molecule has 38 valence electrons. The second-order valence-corrected chi connectivity index (χ2v) is 0.266. The summed E-state index contributed by atoms with van der Waals surface area (Å²) in [6, 6.07) is 0. The van der Waals surface area contributed by atoms with Crippen LogP contribution in [-0.4, -0.2) is 21.8 Å². The fourth-order valence-corrected chi connectivity index (χ4v) is 0. The second kappa shape index (κ2) is 15.8. The average molecular weight is 134 g/mol. The smallest absolute Gasteiger partial charge is 0.565 e. The third-order valence-corrected chi connectivity index (χ3v) is 0. The van der Waals surface area contributed by atoms with E-state index >= 15 is 0 Å². The van der Waals surface area contributed by atoms with E-state index in [9.17, 15) is 0 Å². The minimum absolute atomic E-state index is 0. The predicted molar refractivity (Wildman–Crippen MR) is 13.3 cm³/mol. The Morgan fingerprint density at radius 1 is 1.43 bits per heavy atom. The molecule has 0 unspecified atom stereocenters. The molecule has 0 spiro atoms. The van der Waals surface area contributed by atoms with Crippen molar-refractivity contribution in [2.45, 2.75) is 0 Å². The van der Waals surface area contributed by atoms with Gasteiger partial charge in [0.05, 0.1) is 0 Å². The summed E-state index contributed by atoms with van der Waals surface area (Å²) in [6.45, 7) is 0. The van der Waals surface area contributed by atoms with Crippen molar-refractivity contribution in [1.29, 1.82) is 0 Å². The van der Waals surface area contributed by atoms with E-state index in [1.807, 2.05) is 0 Å². The van der Waals surface area contributed by atoms with Crippen LogP contribution in [0.15, 0.2) is 0 Å². The summed E-state index contributed by atoms with van der Waals surface area (Å²) in [4.78, 5) is 8.44. The summed E-state index contributed by atoms with van der Waals surface area (Å²) in [7, 11) is 0. The Morgan fingerprint density at radius 3 is 1.43 bits per heavy atom. The standard InChI is InChI=1S/CH2O3.K.H2O2/c2-1(3)4;;1-2/h(H2,2,3,4);;1-2H/q;+1;/p-1. The van der Waals surface area contributed by atoms with Crippen LogP contribution < -0.4 is 56.5 Å². The SMILES string of the molecule is O=C([O-])O.OO.[K+]. The maximum Gasteiger partial charge on any atom is 1.00 e. The zero-order valence-electron chi connectivity index (χ0n) is 3.66. The van der Waals surface area contributed by atoms with E-state index in [0.29, 0.717) is 0 Å². The monoisotopic (exact) mass is 134 g/mol. The molecule has 0 atom stereocenters. The first-order valence-electron chi connectivity index (χ1n) is 0.832. The second-order valence-electron chi connectivity index (χ2n) is 0.266. The molecule has 0 bridgehead atoms. The van der Waals surface area contributed by atoms with Crippen LogP contribution in [0.2, 0.25) is 0 Å². The maximum atomic E-state index is 8.44. The van der Waals surface area contributed by atoms with Crippen LogP contribution in [0, 0.1) is 0 Å². The Labute approximate surface area is 81.9 Å². The van der Waals surface area contributed by atoms with Crippen molar-refractivity contribution in [3.63, 3.8) is 0 Å². The first-order chi connectivity index (χ1) is 2.73. The molecule has 0 saturated heterocycles. The molecule has 6 heteroatoms. The predicted octanol–water partition coefficient (Wildman–Crippen LogP) is -4.09. The van der Waals surface area contributed by atoms with Gasteiger partial charge in [-0.05, 0) is 0 Å². The van der Waals surface area contributed by atoms with Crippen LogP contribution in [0.4, 0.5) is 4.79 Å². The van der Waals surface area contributed by atoms with Crippen LogP contribution in [0.1, 0.15) is 0 Å². The minimum Gasteiger partial charge on any atom is -0.565 e. The molecular weight excluding hydrogens is 131 g/mol. The number of carbonyl (C=O) groups is 1. The summed E-state index contributed by atoms with van der Waals surface area (Å²) in [5.74, 6) is 0. The van der Waals surface area contributed by atoms with Gasteiger partial charge in [0.1, 0.15) is 0 Å². The summed E-state index contributed by atoms with van der Waals surface area (Å²) in [5.41, 5.74) is 0. The Balaban J connectivity index is -0.0000000480. The number of hydrogen-bond acceptors (Lipinski definition) is 4. The van der Waals surface area contributed by atoms with Crippen LogP contribution in [0.25, 0.3) is 0 Å². The van der Waals surface area contributed by atoms with E-state index in [0.717, 1.165) is 0 Å². The molecule has 0 aliphatic carbocycles. The summed E-state index contributed by atoms with van der Waals surface area (Å²) >= 11 is 0. The summed E-state index contributed by atoms with van der Waals surface area (Å²) < 4.78 is 0. The van der Waals surface area contributed by atoms with E-state index in [1.165, 1.54) is 0 Å². The summed E-state index contributed by atoms with van der Waals surface area (Å²) in [6.07, 6.45) is -2.08. The van der Waals surface area contributed by atoms with Crippen molar-refractivity contribution in [3.05, 3.63) is 0 Å². The molecule has 7 heavy (non-hydrogen) atoms. The molecule has 0 amide bonds. The molecule has 0 aliphatic heterocycles. The molecule has 5 nitrogen and oxygen atoms in total. The molecule has 0 heterocycles. The van der Waals surface area contributed by atoms with Crippen LogP contribution >= 0.6 is 0 Å². The topological polar surface area (TPSA) is 101 Å². The van der Waals surface area contributed by atoms with Crippen LogP contribution in [0.5, 0.6) is 0 Å². The van der Waals surface area contributed by atoms with Gasteiger partial charge in [0, 0.05) is 0 Å². The molecule has 0 fully saturated rings. The van der Waals surface area contributed by atoms with Crippen molar-refractivity contribution in [2.24, 2.45) is 0 Å². The van der Waals surface area contributed by atoms with Crippen molar-refractivity contribution in [3.8, 4) is 0 Å². The van der Waals surface area contributed by atoms with E-state index in [-0.39, 0.29) is 51.4 Å². The molecular formula is CH3KO5. The quantitative estimate of drug-likeness (QED) is 0.178. The Bertz CT molecular complexity index is 31.1. The minimum atomic E-state index is -2.08. The van der Waals surface area contributed by atoms with Gasteiger partial charge in [-0.15, -0.1) is 0 Å². The largest absolute Gasteiger partial charge is 1.00 e. The third-order valence-electron chi connectivity index (χ3n) is 0. The Morgan fingerprint density at radius 2 is 1.43 bits per heavy atom. The average Bonchev–Trinajstić information content (AvgIpc) is 1.41. The van der Waals surface area contributed by atoms with Crippen LogP contribution in [-0.2, 0) is 0 Å². The van der Waals surface area contributed by atoms with E-state index in [1.54, 1.807) is 0 Å². The van der Waals surface area contributed by atoms with Gasteiger partial charge < -0.3 is 15.0 Å². The van der Waals surface area contributed by atoms with Crippen molar-refractivity contribution in [2.75, 3.05) is 0 Å². The zero-order valence-corrected chi connectivity index (χ0v) is 6.78. The maximum absolute atomic E-state index is 8.44. The molecule has 0 saturated carbocycles. The fraction of sp³-hybridized carbons (Fsp3) is 0. The van der Waals surface area contributed by atoms with Crippen molar-refractivity contribution < 1.29 is 76.9 Å². The van der Waals surface area contributed by atoms with Gasteiger partial charge in [0.15, 0.2) is 0 Å². The first kappa shape index (κ1) is 15.7. The van der Waals surface area contributed by atoms with E-state index in [4.69, 9.17) is 25.5 Å². The van der Waals surface area contributed by atoms with Gasteiger partial charge in [-0.25, -0.2) is 0 Å². The fourth-order valence-electron chi connectivity index (χ4n) is 0. The number of carboxylic acid groups (broad SMARTS) is 2. The Kier molecular flexibility index (Phi) is 35.4. The van der Waals surface area contributed by atoms with E-state index < -0.39 is 6.16 Å². The molecule has 0 aliphatic rings. The molecule has 0 aromatic rings. The molecule has 3 N–H and O–H groups in total. The van der Waals surface area contributed by atoms with Crippen LogP contribution in [0.3, 0.4) is 0 Å². The molecule has 0 rings (SSSR count). The zero-order chi connectivity index (χ0) is 5.58. The first-order valence-corrected chi connectivity index (χ1v) is 0.832. The number of rotatable bonds is 0. The third kappa shape index (κ3) is 233. The molecule has 0 aromatic heterocycles. The van der Waals surface area contributed by atoms with Gasteiger partial charge in [-0.1, -0.05) is 0 Å². The van der Waals surface area contributed by atoms with Gasteiger partial charge in [0.25, 0.3) is 0 Å². The normalized spacial score (nSPS) is 4.29. The summed E-state index contributed by atoms with van der Waals surface area (Å²) in [5, 5.41) is 27.3. The van der Waals surface area contributed by atoms with Gasteiger partial charge >= 0.3 is 51.4 Å². The van der Waals surface area contributed by atoms with Gasteiger partial charge in [-0.3, -0.25) is 10.5 Å². The van der Waals surface area contributed by atoms with Crippen molar-refractivity contribution in [1.82, 2.24) is 0 Å².